The number of carbonyl (C=O) groups excluding carboxylic acids is 1. The summed E-state index contributed by atoms with van der Waals surface area (Å²) in [6.07, 6.45) is 0.698. The highest BCUT2D eigenvalue weighted by molar-refractivity contribution is 7.92. The molecule has 0 spiro atoms. The van der Waals surface area contributed by atoms with Crippen molar-refractivity contribution in [3.05, 3.63) is 95.1 Å². The Morgan fingerprint density at radius 1 is 0.906 bits per heavy atom. The van der Waals surface area contributed by atoms with E-state index in [9.17, 15) is 13.2 Å². The van der Waals surface area contributed by atoms with Gasteiger partial charge in [-0.25, -0.2) is 8.42 Å². The van der Waals surface area contributed by atoms with Crippen molar-refractivity contribution in [2.24, 2.45) is 0 Å². The van der Waals surface area contributed by atoms with Gasteiger partial charge < -0.3 is 5.32 Å². The highest BCUT2D eigenvalue weighted by Crippen LogP contribution is 2.28. The van der Waals surface area contributed by atoms with Crippen LogP contribution in [0.1, 0.15) is 41.6 Å². The average Bonchev–Trinajstić information content (AvgIpc) is 2.77. The van der Waals surface area contributed by atoms with Crippen molar-refractivity contribution in [2.75, 3.05) is 10.8 Å². The van der Waals surface area contributed by atoms with E-state index in [0.717, 1.165) is 22.3 Å². The molecule has 0 aromatic heterocycles. The van der Waals surface area contributed by atoms with Gasteiger partial charge in [0, 0.05) is 0 Å². The summed E-state index contributed by atoms with van der Waals surface area (Å²) in [5.41, 5.74) is 4.46. The van der Waals surface area contributed by atoms with Crippen molar-refractivity contribution in [1.29, 1.82) is 0 Å². The number of anilines is 1. The highest BCUT2D eigenvalue weighted by atomic mass is 32.2. The van der Waals surface area contributed by atoms with Crippen LogP contribution in [0.15, 0.2) is 77.7 Å². The predicted octanol–water partition coefficient (Wildman–Crippen LogP) is 5.07. The number of rotatable bonds is 8. The fraction of sp³-hybridized carbons (Fsp3) is 0.269. The number of nitrogens with one attached hydrogen (secondary N) is 1. The largest absolute Gasteiger partial charge is 0.348 e. The lowest BCUT2D eigenvalue weighted by atomic mass is 10.0. The van der Waals surface area contributed by atoms with Crippen LogP contribution >= 0.6 is 0 Å². The van der Waals surface area contributed by atoms with Crippen molar-refractivity contribution in [3.8, 4) is 0 Å². The minimum Gasteiger partial charge on any atom is -0.348 e. The molecule has 0 aliphatic rings. The Hall–Kier alpha value is -3.12. The highest BCUT2D eigenvalue weighted by Gasteiger charge is 2.28. The third-order valence-electron chi connectivity index (χ3n) is 5.46. The van der Waals surface area contributed by atoms with E-state index in [1.807, 2.05) is 64.1 Å². The summed E-state index contributed by atoms with van der Waals surface area (Å²) >= 11 is 0. The summed E-state index contributed by atoms with van der Waals surface area (Å²) in [5.74, 6) is -0.350. The zero-order valence-corrected chi connectivity index (χ0v) is 19.8. The standard InChI is InChI=1S/C26H30N2O3S/c1-5-24(22-14-11-19(2)12-15-22)27-26(29)18-28(25-16-13-20(3)17-21(25)4)32(30,31)23-9-7-6-8-10-23/h6-17,24H,5,18H2,1-4H3,(H,27,29)/t24-/m0/s1. The number of sulfonamides is 1. The number of nitrogens with zero attached hydrogens (tertiary/aromatic N) is 1. The first-order valence-corrected chi connectivity index (χ1v) is 12.2. The molecule has 1 N–H and O–H groups in total. The smallest absolute Gasteiger partial charge is 0.264 e. The van der Waals surface area contributed by atoms with E-state index in [1.54, 1.807) is 36.4 Å². The summed E-state index contributed by atoms with van der Waals surface area (Å²) in [4.78, 5) is 13.2. The predicted molar refractivity (Wildman–Crippen MR) is 129 cm³/mol. The van der Waals surface area contributed by atoms with Crippen molar-refractivity contribution >= 4 is 21.6 Å². The normalized spacial score (nSPS) is 12.2. The van der Waals surface area contributed by atoms with Gasteiger partial charge in [-0.2, -0.15) is 0 Å². The van der Waals surface area contributed by atoms with Gasteiger partial charge in [0.25, 0.3) is 10.0 Å². The molecule has 1 amide bonds. The number of carbonyl (C=O) groups is 1. The van der Waals surface area contributed by atoms with E-state index in [0.29, 0.717) is 12.1 Å². The summed E-state index contributed by atoms with van der Waals surface area (Å²) in [6, 6.07) is 21.6. The third kappa shape index (κ3) is 5.37. The second-order valence-electron chi connectivity index (χ2n) is 8.05. The Morgan fingerprint density at radius 3 is 2.12 bits per heavy atom. The van der Waals surface area contributed by atoms with Crippen LogP contribution in [0.25, 0.3) is 0 Å². The van der Waals surface area contributed by atoms with Gasteiger partial charge in [0.15, 0.2) is 0 Å². The molecule has 6 heteroatoms. The third-order valence-corrected chi connectivity index (χ3v) is 7.24. The number of amides is 1. The van der Waals surface area contributed by atoms with Gasteiger partial charge >= 0.3 is 0 Å². The first kappa shape index (κ1) is 23.5. The molecule has 0 unspecified atom stereocenters. The minimum atomic E-state index is -3.92. The molecule has 168 valence electrons. The summed E-state index contributed by atoms with van der Waals surface area (Å²) in [7, 11) is -3.92. The molecule has 1 atom stereocenters. The maximum absolute atomic E-state index is 13.5. The zero-order chi connectivity index (χ0) is 23.3. The van der Waals surface area contributed by atoms with Crippen molar-refractivity contribution in [1.82, 2.24) is 5.32 Å². The maximum Gasteiger partial charge on any atom is 0.264 e. The van der Waals surface area contributed by atoms with E-state index >= 15 is 0 Å². The Labute approximate surface area is 191 Å². The molecule has 0 aliphatic heterocycles. The summed E-state index contributed by atoms with van der Waals surface area (Å²) in [6.45, 7) is 7.51. The molecule has 0 aliphatic carbocycles. The van der Waals surface area contributed by atoms with Crippen LogP contribution in [0.2, 0.25) is 0 Å². The van der Waals surface area contributed by atoms with Gasteiger partial charge in [-0.15, -0.1) is 0 Å². The molecular weight excluding hydrogens is 420 g/mol. The molecule has 5 nitrogen and oxygen atoms in total. The Morgan fingerprint density at radius 2 is 1.53 bits per heavy atom. The van der Waals surface area contributed by atoms with Gasteiger partial charge in [0.05, 0.1) is 16.6 Å². The number of aryl methyl sites for hydroxylation is 3. The van der Waals surface area contributed by atoms with Gasteiger partial charge in [-0.3, -0.25) is 9.10 Å². The van der Waals surface area contributed by atoms with Crippen LogP contribution in [0.4, 0.5) is 5.69 Å². The van der Waals surface area contributed by atoms with Crippen molar-refractivity contribution < 1.29 is 13.2 Å². The molecule has 3 rings (SSSR count). The summed E-state index contributed by atoms with van der Waals surface area (Å²) in [5, 5.41) is 3.01. The molecule has 0 heterocycles. The number of hydrogen-bond donors (Lipinski definition) is 1. The minimum absolute atomic E-state index is 0.151. The Balaban J connectivity index is 1.93. The number of benzene rings is 3. The zero-order valence-electron chi connectivity index (χ0n) is 19.0. The Kier molecular flexibility index (Phi) is 7.36. The average molecular weight is 451 g/mol. The molecule has 0 bridgehead atoms. The van der Waals surface area contributed by atoms with Gasteiger partial charge in [0.2, 0.25) is 5.91 Å². The lowest BCUT2D eigenvalue weighted by Crippen LogP contribution is -2.42. The lowest BCUT2D eigenvalue weighted by Gasteiger charge is -2.27. The summed E-state index contributed by atoms with van der Waals surface area (Å²) < 4.78 is 28.2. The topological polar surface area (TPSA) is 66.5 Å². The van der Waals surface area contributed by atoms with E-state index in [1.165, 1.54) is 4.31 Å². The van der Waals surface area contributed by atoms with Crippen LogP contribution in [-0.4, -0.2) is 20.9 Å². The van der Waals surface area contributed by atoms with Crippen LogP contribution in [0.3, 0.4) is 0 Å². The van der Waals surface area contributed by atoms with E-state index in [2.05, 4.69) is 5.32 Å². The lowest BCUT2D eigenvalue weighted by molar-refractivity contribution is -0.120. The quantitative estimate of drug-likeness (QED) is 0.521. The first-order valence-electron chi connectivity index (χ1n) is 10.7. The van der Waals surface area contributed by atoms with Gasteiger partial charge in [-0.1, -0.05) is 72.6 Å². The van der Waals surface area contributed by atoms with Gasteiger partial charge in [0.1, 0.15) is 6.54 Å². The maximum atomic E-state index is 13.5. The van der Waals surface area contributed by atoms with E-state index in [-0.39, 0.29) is 23.4 Å². The molecule has 0 saturated heterocycles. The van der Waals surface area contributed by atoms with Gasteiger partial charge in [-0.05, 0) is 56.5 Å². The van der Waals surface area contributed by atoms with Crippen molar-refractivity contribution in [3.63, 3.8) is 0 Å². The van der Waals surface area contributed by atoms with Crippen LogP contribution in [0.5, 0.6) is 0 Å². The molecule has 0 saturated carbocycles. The monoisotopic (exact) mass is 450 g/mol. The molecular formula is C26H30N2O3S. The fourth-order valence-electron chi connectivity index (χ4n) is 3.69. The van der Waals surface area contributed by atoms with Crippen LogP contribution in [0, 0.1) is 20.8 Å². The Bertz CT molecular complexity index is 1170. The van der Waals surface area contributed by atoms with Crippen LogP contribution in [-0.2, 0) is 14.8 Å². The number of hydrogen-bond acceptors (Lipinski definition) is 3. The second-order valence-corrected chi connectivity index (χ2v) is 9.92. The van der Waals surface area contributed by atoms with Crippen LogP contribution < -0.4 is 9.62 Å². The fourth-order valence-corrected chi connectivity index (χ4v) is 5.20. The first-order chi connectivity index (χ1) is 15.2. The van der Waals surface area contributed by atoms with Crippen molar-refractivity contribution in [2.45, 2.75) is 45.1 Å². The molecule has 3 aromatic carbocycles. The molecule has 0 radical (unpaired) electrons. The molecule has 32 heavy (non-hydrogen) atoms. The molecule has 0 fully saturated rings. The van der Waals surface area contributed by atoms with E-state index in [4.69, 9.17) is 0 Å². The molecule has 3 aromatic rings. The SMILES string of the molecule is CC[C@H](NC(=O)CN(c1ccc(C)cc1C)S(=O)(=O)c1ccccc1)c1ccc(C)cc1. The van der Waals surface area contributed by atoms with E-state index < -0.39 is 10.0 Å². The second kappa shape index (κ2) is 10.0.